The first kappa shape index (κ1) is 16.2. The maximum Gasteiger partial charge on any atom is 0.434 e. The van der Waals surface area contributed by atoms with Gasteiger partial charge >= 0.3 is 6.18 Å². The van der Waals surface area contributed by atoms with Gasteiger partial charge in [0.2, 0.25) is 5.95 Å². The highest BCUT2D eigenvalue weighted by atomic mass is 79.9. The molecule has 0 unspecified atom stereocenters. The van der Waals surface area contributed by atoms with Crippen molar-refractivity contribution in [2.75, 3.05) is 18.5 Å². The number of fused-ring (bicyclic) bond motifs is 1. The van der Waals surface area contributed by atoms with Gasteiger partial charge in [0.05, 0.1) is 4.47 Å². The van der Waals surface area contributed by atoms with Crippen molar-refractivity contribution in [3.63, 3.8) is 0 Å². The molecular formula is C14H15BrF3N5. The fourth-order valence-electron chi connectivity index (χ4n) is 2.77. The number of aromatic nitrogens is 4. The fraction of sp³-hybridized carbons (Fsp3) is 0.500. The monoisotopic (exact) mass is 389 g/mol. The second-order valence-electron chi connectivity index (χ2n) is 5.68. The zero-order valence-electron chi connectivity index (χ0n) is 12.4. The highest BCUT2D eigenvalue weighted by molar-refractivity contribution is 9.10. The van der Waals surface area contributed by atoms with Crippen LogP contribution < -0.4 is 4.90 Å². The molecule has 0 saturated heterocycles. The molecule has 0 amide bonds. The van der Waals surface area contributed by atoms with Crippen LogP contribution in [-0.4, -0.2) is 33.1 Å². The molecule has 0 aliphatic carbocycles. The highest BCUT2D eigenvalue weighted by Crippen LogP contribution is 2.31. The molecule has 9 heteroatoms. The molecule has 3 heterocycles. The van der Waals surface area contributed by atoms with E-state index in [0.717, 1.165) is 17.1 Å². The molecule has 1 aliphatic heterocycles. The quantitative estimate of drug-likeness (QED) is 0.808. The van der Waals surface area contributed by atoms with Crippen LogP contribution in [0.3, 0.4) is 0 Å². The number of nitrogens with zero attached hydrogens (tertiary/aromatic N) is 5. The highest BCUT2D eigenvalue weighted by Gasteiger charge is 2.35. The Labute approximate surface area is 139 Å². The minimum absolute atomic E-state index is 0.232. The molecule has 0 fully saturated rings. The number of imidazole rings is 1. The Morgan fingerprint density at radius 1 is 1.35 bits per heavy atom. The van der Waals surface area contributed by atoms with Gasteiger partial charge in [0.15, 0.2) is 5.69 Å². The summed E-state index contributed by atoms with van der Waals surface area (Å²) in [5.74, 6) is 1.34. The maximum atomic E-state index is 12.7. The Hall–Kier alpha value is -1.64. The topological polar surface area (TPSA) is 46.8 Å². The van der Waals surface area contributed by atoms with Crippen molar-refractivity contribution in [2.45, 2.75) is 25.6 Å². The van der Waals surface area contributed by atoms with Crippen LogP contribution in [0.1, 0.15) is 17.9 Å². The zero-order chi connectivity index (χ0) is 16.6. The van der Waals surface area contributed by atoms with E-state index in [1.807, 2.05) is 11.9 Å². The van der Waals surface area contributed by atoms with Crippen LogP contribution in [-0.2, 0) is 19.1 Å². The third-order valence-electron chi connectivity index (χ3n) is 3.86. The zero-order valence-corrected chi connectivity index (χ0v) is 14.0. The average molecular weight is 390 g/mol. The van der Waals surface area contributed by atoms with Crippen molar-refractivity contribution in [3.05, 3.63) is 34.6 Å². The predicted octanol–water partition coefficient (Wildman–Crippen LogP) is 3.15. The number of anilines is 1. The van der Waals surface area contributed by atoms with Crippen LogP contribution in [0, 0.1) is 5.92 Å². The molecule has 0 N–H and O–H groups in total. The van der Waals surface area contributed by atoms with Crippen molar-refractivity contribution in [1.82, 2.24) is 19.5 Å². The third-order valence-corrected chi connectivity index (χ3v) is 4.27. The van der Waals surface area contributed by atoms with Crippen molar-refractivity contribution in [2.24, 2.45) is 5.92 Å². The minimum atomic E-state index is -4.39. The van der Waals surface area contributed by atoms with Crippen molar-refractivity contribution >= 4 is 21.9 Å². The lowest BCUT2D eigenvalue weighted by molar-refractivity contribution is -0.141. The average Bonchev–Trinajstić information content (AvgIpc) is 2.91. The Balaban J connectivity index is 1.67. The lowest BCUT2D eigenvalue weighted by Crippen LogP contribution is -2.32. The van der Waals surface area contributed by atoms with Gasteiger partial charge in [-0.1, -0.05) is 0 Å². The van der Waals surface area contributed by atoms with Crippen LogP contribution in [0.4, 0.5) is 19.1 Å². The summed E-state index contributed by atoms with van der Waals surface area (Å²) >= 11 is 3.28. The van der Waals surface area contributed by atoms with E-state index in [1.54, 1.807) is 17.0 Å². The Kier molecular flexibility index (Phi) is 4.31. The summed E-state index contributed by atoms with van der Waals surface area (Å²) in [5, 5.41) is 0. The first-order valence-electron chi connectivity index (χ1n) is 7.15. The number of halogens is 4. The molecule has 0 radical (unpaired) electrons. The maximum absolute atomic E-state index is 12.7. The summed E-state index contributed by atoms with van der Waals surface area (Å²) in [4.78, 5) is 14.1. The summed E-state index contributed by atoms with van der Waals surface area (Å²) in [6.45, 7) is 1.21. The normalized spacial score (nSPS) is 17.9. The van der Waals surface area contributed by atoms with Crippen molar-refractivity contribution < 1.29 is 13.2 Å². The van der Waals surface area contributed by atoms with Gasteiger partial charge in [0.1, 0.15) is 5.82 Å². The second-order valence-corrected chi connectivity index (χ2v) is 6.59. The molecule has 0 spiro atoms. The minimum Gasteiger partial charge on any atom is -0.344 e. The number of hydrogen-bond donors (Lipinski definition) is 0. The van der Waals surface area contributed by atoms with Gasteiger partial charge in [0.25, 0.3) is 0 Å². The van der Waals surface area contributed by atoms with E-state index in [1.165, 1.54) is 0 Å². The molecule has 2 aromatic heterocycles. The molecule has 0 saturated carbocycles. The van der Waals surface area contributed by atoms with Gasteiger partial charge in [-0.15, -0.1) is 0 Å². The second kappa shape index (κ2) is 6.10. The molecule has 1 aliphatic rings. The number of alkyl halides is 3. The van der Waals surface area contributed by atoms with Gasteiger partial charge in [-0.2, -0.15) is 13.2 Å². The molecular weight excluding hydrogens is 375 g/mol. The Morgan fingerprint density at radius 2 is 2.04 bits per heavy atom. The summed E-state index contributed by atoms with van der Waals surface area (Å²) in [6, 6.07) is 0. The third kappa shape index (κ3) is 3.65. The predicted molar refractivity (Wildman–Crippen MR) is 82.0 cm³/mol. The number of aryl methyl sites for hydroxylation is 1. The molecule has 23 heavy (non-hydrogen) atoms. The summed E-state index contributed by atoms with van der Waals surface area (Å²) in [7, 11) is 1.88. The van der Waals surface area contributed by atoms with E-state index in [-0.39, 0.29) is 5.92 Å². The van der Waals surface area contributed by atoms with Gasteiger partial charge in [-0.3, -0.25) is 0 Å². The number of rotatable bonds is 3. The molecule has 5 nitrogen and oxygen atoms in total. The van der Waals surface area contributed by atoms with Crippen molar-refractivity contribution in [1.29, 1.82) is 0 Å². The molecule has 124 valence electrons. The van der Waals surface area contributed by atoms with Crippen LogP contribution in [0.2, 0.25) is 0 Å². The molecule has 0 aromatic carbocycles. The van der Waals surface area contributed by atoms with E-state index in [2.05, 4.69) is 30.9 Å². The van der Waals surface area contributed by atoms with Crippen LogP contribution in [0.25, 0.3) is 0 Å². The molecule has 2 aromatic rings. The van der Waals surface area contributed by atoms with Gasteiger partial charge < -0.3 is 9.47 Å². The summed E-state index contributed by atoms with van der Waals surface area (Å²) < 4.78 is 40.6. The first-order chi connectivity index (χ1) is 10.8. The molecule has 0 bridgehead atoms. The molecule has 1 atom stereocenters. The van der Waals surface area contributed by atoms with Crippen LogP contribution in [0.5, 0.6) is 0 Å². The lowest BCUT2D eigenvalue weighted by atomic mass is 9.99. The number of hydrogen-bond acceptors (Lipinski definition) is 4. The van der Waals surface area contributed by atoms with Crippen LogP contribution >= 0.6 is 15.9 Å². The fourth-order valence-corrected chi connectivity index (χ4v) is 2.98. The van der Waals surface area contributed by atoms with E-state index in [4.69, 9.17) is 0 Å². The Bertz CT molecular complexity index is 683. The smallest absolute Gasteiger partial charge is 0.344 e. The first-order valence-corrected chi connectivity index (χ1v) is 7.94. The molecule has 3 rings (SSSR count). The lowest BCUT2D eigenvalue weighted by Gasteiger charge is -2.28. The van der Waals surface area contributed by atoms with Gasteiger partial charge in [0, 0.05) is 45.1 Å². The van der Waals surface area contributed by atoms with Gasteiger partial charge in [-0.05, 0) is 28.3 Å². The van der Waals surface area contributed by atoms with E-state index in [9.17, 15) is 13.2 Å². The largest absolute Gasteiger partial charge is 0.434 e. The standard InChI is InChI=1S/C14H15BrF3N5/c1-22(13-19-4-10(15)5-20-13)6-9-2-3-12-21-11(14(16,17)18)8-23(12)7-9/h4-5,8-9H,2-3,6-7H2,1H3/t9-/m1/s1. The Morgan fingerprint density at radius 3 is 2.70 bits per heavy atom. The SMILES string of the molecule is CN(C[C@H]1CCc2nc(C(F)(F)F)cn2C1)c1ncc(Br)cn1. The summed E-state index contributed by atoms with van der Waals surface area (Å²) in [5.41, 5.74) is -0.808. The van der Waals surface area contributed by atoms with Crippen LogP contribution in [0.15, 0.2) is 23.1 Å². The summed E-state index contributed by atoms with van der Waals surface area (Å²) in [6.07, 6.45) is 1.41. The van der Waals surface area contributed by atoms with E-state index in [0.29, 0.717) is 31.3 Å². The van der Waals surface area contributed by atoms with E-state index < -0.39 is 11.9 Å². The van der Waals surface area contributed by atoms with Gasteiger partial charge in [-0.25, -0.2) is 15.0 Å². The van der Waals surface area contributed by atoms with Crippen molar-refractivity contribution in [3.8, 4) is 0 Å². The van der Waals surface area contributed by atoms with E-state index >= 15 is 0 Å².